The van der Waals surface area contributed by atoms with Gasteiger partial charge in [-0.25, -0.2) is 0 Å². The van der Waals surface area contributed by atoms with Crippen LogP contribution in [0.2, 0.25) is 199 Å². The van der Waals surface area contributed by atoms with Crippen LogP contribution in [0.4, 0.5) is 0 Å². The van der Waals surface area contributed by atoms with E-state index < -0.39 is 189 Å². The number of hydrogen-bond donors (Lipinski definition) is 0. The molecule has 0 amide bonds. The van der Waals surface area contributed by atoms with Crippen molar-refractivity contribution in [1.82, 2.24) is 0 Å². The molecule has 12 fully saturated rings. The molecule has 0 nitrogen and oxygen atoms in total. The molecule has 0 radical (unpaired) electrons. The third-order valence-corrected chi connectivity index (χ3v) is 1240. The second-order valence-electron chi connectivity index (χ2n) is 64.7. The summed E-state index contributed by atoms with van der Waals surface area (Å²) in [6.45, 7) is 188. The summed E-state index contributed by atoms with van der Waals surface area (Å²) in [4.78, 5) is 0. The van der Waals surface area contributed by atoms with E-state index in [0.29, 0.717) is 0 Å². The lowest BCUT2D eigenvalue weighted by Gasteiger charge is -3.24. The molecule has 0 bridgehead atoms. The summed E-state index contributed by atoms with van der Waals surface area (Å²) >= 11 is 0. The molecule has 0 aliphatic carbocycles. The molecule has 4 unspecified atom stereocenters. The average Bonchev–Trinajstić information content (AvgIpc) is 0.509. The molecule has 0 N–H and O–H groups in total. The second kappa shape index (κ2) is 34.8. The SMILES string of the molecule is CC(C)[Si]1(C(C)C)[Si](C(C)C)(C(C)C)[Si@]2(C(C)C)[Si@@]1(C(C)C)[Si@@]1(C(C)C)[Si]3(C(C)C)[Si](C(C)C)([Si@@]21C(C)C)[Si@]1(C(C)C)[Si@@]2(C(C)C)[Si](C(C)C)(C(C)C)[Si](C(C)C)(C(C)C)[Si@@]2(C(C)C)[Si@]31C(C)C.CC(C)[Si]1(C(C)C)[Si](C(C)C)(C(C)C)[Si@]2(C(C)C)[Si@@]1(C(C)C)[Si@@]1(C(C)C)[Si]3(C(C)C)[Si](C(C)C)([Si@@]21C(C)C)[Si@]1(C(C)C)[Si@@]2(C(C)C)[Si](C(C)C)(C(C)C)[Si](C(C)C)(C(C)C)[Si@@]2(C(C)C)[Si@]31C(C)C. The second-order valence-corrected chi connectivity index (χ2v) is 436. The van der Waals surface area contributed by atoms with Crippen molar-refractivity contribution >= 4 is 189 Å². The minimum atomic E-state index is -1.91. The minimum Gasteiger partial charge on any atom is -0.0659 e. The summed E-state index contributed by atoms with van der Waals surface area (Å²) in [5.41, 5.74) is 38.2. The Balaban J connectivity index is 0.000000261. The summed E-state index contributed by atoms with van der Waals surface area (Å²) < 4.78 is 0. The molecule has 12 aliphatic heterocycles. The highest BCUT2D eigenvalue weighted by molar-refractivity contribution is 8.83. The van der Waals surface area contributed by atoms with Gasteiger partial charge in [0.2, 0.25) is 0 Å². The van der Waals surface area contributed by atoms with Gasteiger partial charge >= 0.3 is 0 Å². The van der Waals surface area contributed by atoms with Crippen LogP contribution < -0.4 is 0 Å². The van der Waals surface area contributed by atoms with E-state index >= 15 is 0 Å². The Morgan fingerprint density at radius 3 is 0.118 bits per heavy atom. The Morgan fingerprint density at radius 1 is 0.0515 bits per heavy atom. The van der Waals surface area contributed by atoms with E-state index in [0.717, 1.165) is 199 Å². The van der Waals surface area contributed by atoms with Crippen LogP contribution in [-0.4, -0.2) is 189 Å². The molecule has 12 aliphatic rings. The van der Waals surface area contributed by atoms with Crippen molar-refractivity contribution in [3.63, 3.8) is 0 Å². The van der Waals surface area contributed by atoms with Crippen molar-refractivity contribution in [3.05, 3.63) is 0 Å². The maximum atomic E-state index is 3.24. The maximum absolute atomic E-state index is 3.24. The molecule has 796 valence electrons. The van der Waals surface area contributed by atoms with Crippen LogP contribution in [0.25, 0.3) is 0 Å². The van der Waals surface area contributed by atoms with Crippen LogP contribution >= 0.6 is 0 Å². The maximum Gasteiger partial charge on any atom is 0.0400 e. The van der Waals surface area contributed by atoms with E-state index in [1.54, 1.807) is 0 Å². The van der Waals surface area contributed by atoms with Crippen molar-refractivity contribution in [2.24, 2.45) is 0 Å². The first-order valence-corrected chi connectivity index (χ1v) is 158. The third-order valence-electron chi connectivity index (χ3n) is 56.0. The lowest BCUT2D eigenvalue weighted by molar-refractivity contribution is 0.861. The molecular formula is C108H252Si28. The van der Waals surface area contributed by atoms with Crippen LogP contribution in [0.5, 0.6) is 0 Å². The van der Waals surface area contributed by atoms with Gasteiger partial charge in [0.05, 0.1) is 0 Å². The molecule has 20 atom stereocenters. The van der Waals surface area contributed by atoms with E-state index in [9.17, 15) is 0 Å². The zero-order valence-corrected chi connectivity index (χ0v) is 135. The normalized spacial score (nSPS) is 42.6. The Labute approximate surface area is 877 Å². The first-order chi connectivity index (χ1) is 61.5. The van der Waals surface area contributed by atoms with Crippen LogP contribution in [0, 0.1) is 0 Å². The quantitative estimate of drug-likeness (QED) is 0.0549. The highest BCUT2D eigenvalue weighted by Crippen LogP contribution is 3.07. The van der Waals surface area contributed by atoms with E-state index in [1.165, 1.54) is 0 Å². The molecular weight excluding hydrogens is 2080 g/mol. The molecule has 0 saturated carbocycles. The molecule has 28 heteroatoms. The van der Waals surface area contributed by atoms with Crippen molar-refractivity contribution in [2.75, 3.05) is 0 Å². The molecule has 12 heterocycles. The van der Waals surface area contributed by atoms with Gasteiger partial charge in [-0.3, -0.25) is 0 Å². The van der Waals surface area contributed by atoms with Crippen molar-refractivity contribution in [1.29, 1.82) is 0 Å². The predicted octanol–water partition coefficient (Wildman–Crippen LogP) is 38.4. The standard InChI is InChI=1S/2C54H126Si14/c2*1-37(2)55(38(3)4)56(39(5)6,40(7)8)60(46(19)20)59(55,45(17)18)63(49(25)26)64(60,50(27)28)68(54(35)36)66(52(31)32)62(48(23)24)58(43(13)14,44(15)16)57(41(9)10,42(11)12)61(62,47(21)22)65(66,51(29)30)67(63,68)53(33)34/h2*37-54H,1-36H3/t2*59-,60+,61+,62-,63+,64-,65-,66+,67?,68?. The molecule has 12 saturated heterocycles. The summed E-state index contributed by atoms with van der Waals surface area (Å²) in [6.07, 6.45) is 0. The molecule has 0 aromatic heterocycles. The monoisotopic (exact) mass is 2330 g/mol. The first-order valence-electron chi connectivity index (χ1n) is 61.5. The van der Waals surface area contributed by atoms with Gasteiger partial charge in [0, 0.05) is 189 Å². The summed E-state index contributed by atoms with van der Waals surface area (Å²) in [7, 11) is -14.7. The van der Waals surface area contributed by atoms with E-state index in [1.807, 2.05) is 0 Å². The summed E-state index contributed by atoms with van der Waals surface area (Å²) in [5, 5.41) is 0. The number of hydrogen-bond acceptors (Lipinski definition) is 0. The van der Waals surface area contributed by atoms with E-state index in [2.05, 4.69) is 499 Å². The zero-order chi connectivity index (χ0) is 107. The third kappa shape index (κ3) is 8.51. The molecule has 0 aromatic carbocycles. The number of rotatable bonds is 36. The van der Waals surface area contributed by atoms with Crippen LogP contribution in [0.1, 0.15) is 499 Å². The molecule has 0 spiro atoms. The van der Waals surface area contributed by atoms with Crippen LogP contribution in [0.15, 0.2) is 0 Å². The summed E-state index contributed by atoms with van der Waals surface area (Å²) in [5.74, 6) is 0. The highest BCUT2D eigenvalue weighted by Gasteiger charge is 3.34. The minimum absolute atomic E-state index is 1.01. The smallest absolute Gasteiger partial charge is 0.0400 e. The van der Waals surface area contributed by atoms with Gasteiger partial charge in [-0.15, -0.1) is 0 Å². The van der Waals surface area contributed by atoms with Gasteiger partial charge in [0.15, 0.2) is 0 Å². The molecule has 12 rings (SSSR count). The van der Waals surface area contributed by atoms with Gasteiger partial charge in [-0.05, 0) is 0 Å². The number of fused-ring (bicyclic) bond motifs is 26. The van der Waals surface area contributed by atoms with Crippen LogP contribution in [0.3, 0.4) is 0 Å². The van der Waals surface area contributed by atoms with Gasteiger partial charge < -0.3 is 0 Å². The van der Waals surface area contributed by atoms with E-state index in [4.69, 9.17) is 0 Å². The zero-order valence-electron chi connectivity index (χ0n) is 107. The van der Waals surface area contributed by atoms with Gasteiger partial charge in [-0.2, -0.15) is 0 Å². The lowest BCUT2D eigenvalue weighted by Crippen LogP contribution is -3.56. The van der Waals surface area contributed by atoms with Crippen molar-refractivity contribution in [3.8, 4) is 0 Å². The average molecular weight is 2340 g/mol. The van der Waals surface area contributed by atoms with E-state index in [-0.39, 0.29) is 0 Å². The largest absolute Gasteiger partial charge is 0.0659 e. The van der Waals surface area contributed by atoms with Crippen molar-refractivity contribution in [2.45, 2.75) is 698 Å². The van der Waals surface area contributed by atoms with Crippen molar-refractivity contribution < 1.29 is 0 Å². The summed E-state index contributed by atoms with van der Waals surface area (Å²) in [6, 6.07) is 0. The Kier molecular flexibility index (Phi) is 31.3. The lowest BCUT2D eigenvalue weighted by atomic mass is 10.5. The van der Waals surface area contributed by atoms with Crippen LogP contribution in [-0.2, 0) is 0 Å². The van der Waals surface area contributed by atoms with Gasteiger partial charge in [-0.1, -0.05) is 698 Å². The fourth-order valence-corrected chi connectivity index (χ4v) is 3180. The van der Waals surface area contributed by atoms with Gasteiger partial charge in [0.25, 0.3) is 0 Å². The molecule has 0 aromatic rings. The first kappa shape index (κ1) is 122. The topological polar surface area (TPSA) is 0 Å². The Bertz CT molecular complexity index is 3620. The predicted molar refractivity (Wildman–Crippen MR) is 705 cm³/mol. The Morgan fingerprint density at radius 2 is 0.0882 bits per heavy atom. The highest BCUT2D eigenvalue weighted by atomic mass is 31.0. The fraction of sp³-hybridized carbons (Fsp3) is 1.00. The Hall–Kier alpha value is 6.07. The van der Waals surface area contributed by atoms with Gasteiger partial charge in [0.1, 0.15) is 0 Å². The fourth-order valence-electron chi connectivity index (χ4n) is 68.5. The molecule has 136 heavy (non-hydrogen) atoms.